The summed E-state index contributed by atoms with van der Waals surface area (Å²) in [5.74, 6) is 1.91. The van der Waals surface area contributed by atoms with E-state index in [2.05, 4.69) is 4.98 Å². The Morgan fingerprint density at radius 1 is 0.950 bits per heavy atom. The maximum atomic E-state index is 5.80. The highest BCUT2D eigenvalue weighted by atomic mass is 16.5. The van der Waals surface area contributed by atoms with Crippen molar-refractivity contribution >= 4 is 11.1 Å². The molecule has 0 aliphatic carbocycles. The fourth-order valence-electron chi connectivity index (χ4n) is 2.12. The minimum atomic E-state index is 0.576. The molecule has 1 heterocycles. The average molecular weight is 269 g/mol. The third-order valence-electron chi connectivity index (χ3n) is 3.17. The number of hydrogen-bond donors (Lipinski definition) is 0. The molecule has 0 fully saturated rings. The first-order chi connectivity index (χ1) is 9.71. The topological polar surface area (TPSA) is 44.5 Å². The summed E-state index contributed by atoms with van der Waals surface area (Å²) in [6.07, 6.45) is 0. The molecule has 0 bridgehead atoms. The van der Waals surface area contributed by atoms with Crippen molar-refractivity contribution in [2.24, 2.45) is 0 Å². The molecule has 20 heavy (non-hydrogen) atoms. The van der Waals surface area contributed by atoms with Gasteiger partial charge in [-0.25, -0.2) is 4.98 Å². The van der Waals surface area contributed by atoms with Crippen LogP contribution in [0.3, 0.4) is 0 Å². The van der Waals surface area contributed by atoms with Crippen LogP contribution in [-0.4, -0.2) is 19.2 Å². The highest BCUT2D eigenvalue weighted by Crippen LogP contribution is 2.33. The molecule has 2 aromatic carbocycles. The van der Waals surface area contributed by atoms with Crippen LogP contribution in [0, 0.1) is 6.92 Å². The molecule has 0 atom stereocenters. The van der Waals surface area contributed by atoms with E-state index in [0.29, 0.717) is 17.4 Å². The van der Waals surface area contributed by atoms with Crippen molar-refractivity contribution in [3.05, 3.63) is 42.0 Å². The van der Waals surface area contributed by atoms with Crippen molar-refractivity contribution < 1.29 is 13.9 Å². The van der Waals surface area contributed by atoms with Crippen LogP contribution in [0.5, 0.6) is 11.5 Å². The Morgan fingerprint density at radius 3 is 2.50 bits per heavy atom. The number of aryl methyl sites for hydroxylation is 1. The Labute approximate surface area is 117 Å². The molecule has 4 heteroatoms. The molecule has 102 valence electrons. The van der Waals surface area contributed by atoms with E-state index >= 15 is 0 Å². The van der Waals surface area contributed by atoms with Gasteiger partial charge >= 0.3 is 0 Å². The monoisotopic (exact) mass is 269 g/mol. The van der Waals surface area contributed by atoms with Crippen LogP contribution in [0.2, 0.25) is 0 Å². The van der Waals surface area contributed by atoms with Gasteiger partial charge in [-0.15, -0.1) is 0 Å². The summed E-state index contributed by atoms with van der Waals surface area (Å²) in [6.45, 7) is 2.03. The minimum absolute atomic E-state index is 0.576. The van der Waals surface area contributed by atoms with Crippen molar-refractivity contribution in [3.63, 3.8) is 0 Å². The number of fused-ring (bicyclic) bond motifs is 1. The lowest BCUT2D eigenvalue weighted by Gasteiger charge is -2.07. The number of aromatic nitrogens is 1. The quantitative estimate of drug-likeness (QED) is 0.725. The lowest BCUT2D eigenvalue weighted by atomic mass is 10.2. The second-order valence-corrected chi connectivity index (χ2v) is 4.56. The van der Waals surface area contributed by atoms with Gasteiger partial charge in [-0.2, -0.15) is 0 Å². The van der Waals surface area contributed by atoms with Gasteiger partial charge in [-0.3, -0.25) is 0 Å². The van der Waals surface area contributed by atoms with Crippen molar-refractivity contribution in [2.75, 3.05) is 14.2 Å². The largest absolute Gasteiger partial charge is 0.493 e. The van der Waals surface area contributed by atoms with Crippen LogP contribution in [0.15, 0.2) is 40.8 Å². The molecule has 0 radical (unpaired) electrons. The van der Waals surface area contributed by atoms with Crippen molar-refractivity contribution in [1.82, 2.24) is 4.98 Å². The van der Waals surface area contributed by atoms with E-state index in [1.807, 2.05) is 43.3 Å². The maximum Gasteiger partial charge on any atom is 0.227 e. The fraction of sp³-hybridized carbons (Fsp3) is 0.188. The van der Waals surface area contributed by atoms with E-state index < -0.39 is 0 Å². The second-order valence-electron chi connectivity index (χ2n) is 4.56. The Hall–Kier alpha value is -2.49. The summed E-state index contributed by atoms with van der Waals surface area (Å²) in [5.41, 5.74) is 3.64. The van der Waals surface area contributed by atoms with Crippen LogP contribution in [0.25, 0.3) is 22.6 Å². The first-order valence-corrected chi connectivity index (χ1v) is 6.31. The van der Waals surface area contributed by atoms with Gasteiger partial charge in [0.2, 0.25) is 5.89 Å². The summed E-state index contributed by atoms with van der Waals surface area (Å²) in [6, 6.07) is 11.6. The van der Waals surface area contributed by atoms with Crippen LogP contribution >= 0.6 is 0 Å². The zero-order chi connectivity index (χ0) is 14.1. The molecule has 1 aromatic heterocycles. The fourth-order valence-corrected chi connectivity index (χ4v) is 2.12. The highest BCUT2D eigenvalue weighted by Gasteiger charge is 2.11. The SMILES string of the molecule is COc1ccc(-c2nc3ccc(C)cc3o2)cc1OC. The van der Waals surface area contributed by atoms with Crippen molar-refractivity contribution in [1.29, 1.82) is 0 Å². The molecular weight excluding hydrogens is 254 g/mol. The van der Waals surface area contributed by atoms with E-state index in [9.17, 15) is 0 Å². The van der Waals surface area contributed by atoms with Gasteiger partial charge in [-0.05, 0) is 42.8 Å². The van der Waals surface area contributed by atoms with E-state index in [-0.39, 0.29) is 0 Å². The molecular formula is C16H15NO3. The van der Waals surface area contributed by atoms with Crippen LogP contribution in [0.4, 0.5) is 0 Å². The Kier molecular flexibility index (Phi) is 3.06. The van der Waals surface area contributed by atoms with Gasteiger partial charge in [0.25, 0.3) is 0 Å². The summed E-state index contributed by atoms with van der Waals surface area (Å²) in [4.78, 5) is 4.49. The van der Waals surface area contributed by atoms with Gasteiger partial charge in [0.1, 0.15) is 5.52 Å². The first-order valence-electron chi connectivity index (χ1n) is 6.31. The molecule has 3 aromatic rings. The Bertz CT molecular complexity index is 762. The van der Waals surface area contributed by atoms with Gasteiger partial charge < -0.3 is 13.9 Å². The molecule has 0 aliphatic rings. The minimum Gasteiger partial charge on any atom is -0.493 e. The number of nitrogens with zero attached hydrogens (tertiary/aromatic N) is 1. The number of rotatable bonds is 3. The average Bonchev–Trinajstić information content (AvgIpc) is 2.89. The van der Waals surface area contributed by atoms with Crippen molar-refractivity contribution in [3.8, 4) is 23.0 Å². The first kappa shape index (κ1) is 12.5. The van der Waals surface area contributed by atoms with Gasteiger partial charge in [0.15, 0.2) is 17.1 Å². The lowest BCUT2D eigenvalue weighted by molar-refractivity contribution is 0.355. The highest BCUT2D eigenvalue weighted by molar-refractivity contribution is 5.77. The van der Waals surface area contributed by atoms with Gasteiger partial charge in [0.05, 0.1) is 14.2 Å². The van der Waals surface area contributed by atoms with E-state index in [0.717, 1.165) is 22.2 Å². The molecule has 0 saturated heterocycles. The molecule has 0 unspecified atom stereocenters. The molecule has 3 rings (SSSR count). The zero-order valence-electron chi connectivity index (χ0n) is 11.6. The lowest BCUT2D eigenvalue weighted by Crippen LogP contribution is -1.90. The number of oxazole rings is 1. The van der Waals surface area contributed by atoms with Gasteiger partial charge in [-0.1, -0.05) is 6.07 Å². The zero-order valence-corrected chi connectivity index (χ0v) is 11.6. The van der Waals surface area contributed by atoms with E-state index in [1.54, 1.807) is 14.2 Å². The van der Waals surface area contributed by atoms with Crippen LogP contribution in [-0.2, 0) is 0 Å². The Balaban J connectivity index is 2.10. The summed E-state index contributed by atoms with van der Waals surface area (Å²) in [7, 11) is 3.22. The number of ether oxygens (including phenoxy) is 2. The predicted molar refractivity (Wildman–Crippen MR) is 77.3 cm³/mol. The molecule has 0 amide bonds. The molecule has 0 spiro atoms. The third-order valence-corrected chi connectivity index (χ3v) is 3.17. The second kappa shape index (κ2) is 4.89. The van der Waals surface area contributed by atoms with E-state index in [4.69, 9.17) is 13.9 Å². The van der Waals surface area contributed by atoms with Crippen LogP contribution < -0.4 is 9.47 Å². The van der Waals surface area contributed by atoms with Crippen molar-refractivity contribution in [2.45, 2.75) is 6.92 Å². The van der Waals surface area contributed by atoms with Crippen LogP contribution in [0.1, 0.15) is 5.56 Å². The summed E-state index contributed by atoms with van der Waals surface area (Å²) < 4.78 is 16.3. The molecule has 0 N–H and O–H groups in total. The molecule has 0 saturated carbocycles. The number of methoxy groups -OCH3 is 2. The third kappa shape index (κ3) is 2.09. The molecule has 4 nitrogen and oxygen atoms in total. The maximum absolute atomic E-state index is 5.80. The number of benzene rings is 2. The normalized spacial score (nSPS) is 10.8. The standard InChI is InChI=1S/C16H15NO3/c1-10-4-6-12-14(8-10)20-16(17-12)11-5-7-13(18-2)15(9-11)19-3/h4-9H,1-3H3. The predicted octanol–water partition coefficient (Wildman–Crippen LogP) is 3.82. The smallest absolute Gasteiger partial charge is 0.227 e. The van der Waals surface area contributed by atoms with E-state index in [1.165, 1.54) is 0 Å². The van der Waals surface area contributed by atoms with Gasteiger partial charge in [0, 0.05) is 5.56 Å². The summed E-state index contributed by atoms with van der Waals surface area (Å²) in [5, 5.41) is 0. The Morgan fingerprint density at radius 2 is 1.75 bits per heavy atom. The number of hydrogen-bond acceptors (Lipinski definition) is 4. The molecule has 0 aliphatic heterocycles. The summed E-state index contributed by atoms with van der Waals surface area (Å²) >= 11 is 0.